The maximum Gasteiger partial charge on any atom is 0.249 e. The van der Waals surface area contributed by atoms with E-state index >= 15 is 0 Å². The number of rotatable bonds is 10. The third-order valence-corrected chi connectivity index (χ3v) is 5.55. The Morgan fingerprint density at radius 1 is 0.971 bits per heavy atom. The number of nitrogens with zero attached hydrogens (tertiary/aromatic N) is 4. The lowest BCUT2D eigenvalue weighted by Gasteiger charge is -2.31. The van der Waals surface area contributed by atoms with Gasteiger partial charge in [0.25, 0.3) is 0 Å². The van der Waals surface area contributed by atoms with E-state index in [1.165, 1.54) is 4.90 Å². The molecule has 0 fully saturated rings. The molecule has 9 nitrogen and oxygen atoms in total. The fourth-order valence-electron chi connectivity index (χ4n) is 3.84. The van der Waals surface area contributed by atoms with E-state index in [0.29, 0.717) is 35.7 Å². The second-order valence-corrected chi connectivity index (χ2v) is 7.79. The van der Waals surface area contributed by atoms with Crippen LogP contribution in [0.25, 0.3) is 11.0 Å². The zero-order chi connectivity index (χ0) is 24.6. The highest BCUT2D eigenvalue weighted by Crippen LogP contribution is 2.29. The number of benzene rings is 3. The van der Waals surface area contributed by atoms with E-state index in [9.17, 15) is 9.59 Å². The van der Waals surface area contributed by atoms with E-state index in [-0.39, 0.29) is 18.4 Å². The van der Waals surface area contributed by atoms with Gasteiger partial charge in [0.2, 0.25) is 11.8 Å². The molecule has 9 heteroatoms. The lowest BCUT2D eigenvalue weighted by atomic mass is 10.0. The van der Waals surface area contributed by atoms with Gasteiger partial charge in [0.1, 0.15) is 23.9 Å². The van der Waals surface area contributed by atoms with Gasteiger partial charge in [0.05, 0.1) is 19.2 Å². The Kier molecular flexibility index (Phi) is 7.69. The van der Waals surface area contributed by atoms with Crippen LogP contribution < -0.4 is 15.0 Å². The van der Waals surface area contributed by atoms with Crippen molar-refractivity contribution in [1.82, 2.24) is 20.3 Å². The predicted molar refractivity (Wildman–Crippen MR) is 132 cm³/mol. The number of hydrogen-bond acceptors (Lipinski definition) is 6. The molecule has 1 atom stereocenters. The van der Waals surface area contributed by atoms with Crippen LogP contribution in [0.2, 0.25) is 0 Å². The van der Waals surface area contributed by atoms with Crippen LogP contribution in [0, 0.1) is 0 Å². The van der Waals surface area contributed by atoms with E-state index < -0.39 is 6.04 Å². The summed E-state index contributed by atoms with van der Waals surface area (Å²) in [6.07, 6.45) is 0. The summed E-state index contributed by atoms with van der Waals surface area (Å²) >= 11 is 0. The molecule has 0 radical (unpaired) electrons. The smallest absolute Gasteiger partial charge is 0.249 e. The highest BCUT2D eigenvalue weighted by molar-refractivity contribution is 6.01. The van der Waals surface area contributed by atoms with Gasteiger partial charge >= 0.3 is 0 Å². The van der Waals surface area contributed by atoms with Crippen LogP contribution in [0.4, 0.5) is 5.69 Å². The number of para-hydroxylation sites is 2. The van der Waals surface area contributed by atoms with Crippen LogP contribution in [-0.4, -0.2) is 54.2 Å². The zero-order valence-corrected chi connectivity index (χ0v) is 19.6. The van der Waals surface area contributed by atoms with Crippen LogP contribution in [0.3, 0.4) is 0 Å². The van der Waals surface area contributed by atoms with Crippen LogP contribution in [0.1, 0.15) is 11.6 Å². The molecule has 1 unspecified atom stereocenters. The summed E-state index contributed by atoms with van der Waals surface area (Å²) in [5.74, 6) is 0.0152. The number of amides is 2. The maximum atomic E-state index is 13.8. The number of carbonyl (C=O) groups is 2. The standard InChI is InChI=1S/C26H27N5O4/c1-34-17-16-27-26(33)25(19-12-14-21(35-2)15-13-19)31(20-8-4-3-5-9-20)24(32)18-30-23-11-7-6-10-22(23)28-29-30/h3-15,25H,16-18H2,1-2H3,(H,27,33). The summed E-state index contributed by atoms with van der Waals surface area (Å²) < 4.78 is 11.9. The molecule has 0 spiro atoms. The molecule has 0 saturated carbocycles. The van der Waals surface area contributed by atoms with Gasteiger partial charge in [-0.2, -0.15) is 0 Å². The summed E-state index contributed by atoms with van der Waals surface area (Å²) in [6, 6.07) is 22.7. The van der Waals surface area contributed by atoms with Crippen molar-refractivity contribution in [2.75, 3.05) is 32.3 Å². The Hall–Kier alpha value is -4.24. The summed E-state index contributed by atoms with van der Waals surface area (Å²) in [4.78, 5) is 28.8. The Bertz CT molecular complexity index is 1270. The molecule has 1 heterocycles. The van der Waals surface area contributed by atoms with E-state index in [0.717, 1.165) is 5.52 Å². The third kappa shape index (κ3) is 5.47. The number of aromatic nitrogens is 3. The fraction of sp³-hybridized carbons (Fsp3) is 0.231. The van der Waals surface area contributed by atoms with Crippen LogP contribution in [-0.2, 0) is 20.9 Å². The molecule has 1 N–H and O–H groups in total. The van der Waals surface area contributed by atoms with Crippen molar-refractivity contribution >= 4 is 28.5 Å². The zero-order valence-electron chi connectivity index (χ0n) is 19.6. The minimum absolute atomic E-state index is 0.0899. The largest absolute Gasteiger partial charge is 0.497 e. The van der Waals surface area contributed by atoms with Crippen LogP contribution in [0.5, 0.6) is 5.75 Å². The predicted octanol–water partition coefficient (Wildman–Crippen LogP) is 2.98. The van der Waals surface area contributed by atoms with Crippen molar-refractivity contribution in [2.45, 2.75) is 12.6 Å². The van der Waals surface area contributed by atoms with Crippen LogP contribution in [0.15, 0.2) is 78.9 Å². The summed E-state index contributed by atoms with van der Waals surface area (Å²) in [5, 5.41) is 11.2. The number of carbonyl (C=O) groups excluding carboxylic acids is 2. The monoisotopic (exact) mass is 473 g/mol. The first-order valence-corrected chi connectivity index (χ1v) is 11.2. The van der Waals surface area contributed by atoms with Crippen molar-refractivity contribution in [3.63, 3.8) is 0 Å². The molecule has 3 aromatic carbocycles. The van der Waals surface area contributed by atoms with Gasteiger partial charge in [-0.05, 0) is 42.0 Å². The van der Waals surface area contributed by atoms with Gasteiger partial charge in [0, 0.05) is 19.3 Å². The molecule has 4 aromatic rings. The lowest BCUT2D eigenvalue weighted by Crippen LogP contribution is -2.46. The van der Waals surface area contributed by atoms with Gasteiger partial charge in [-0.3, -0.25) is 14.5 Å². The second kappa shape index (κ2) is 11.3. The SMILES string of the molecule is COCCNC(=O)C(c1ccc(OC)cc1)N(C(=O)Cn1nnc2ccccc21)c1ccccc1. The second-order valence-electron chi connectivity index (χ2n) is 7.79. The molecule has 0 aliphatic carbocycles. The molecule has 4 rings (SSSR count). The number of nitrogens with one attached hydrogen (secondary N) is 1. The fourth-order valence-corrected chi connectivity index (χ4v) is 3.84. The van der Waals surface area contributed by atoms with E-state index in [1.54, 1.807) is 55.3 Å². The Balaban J connectivity index is 1.75. The van der Waals surface area contributed by atoms with Crippen molar-refractivity contribution in [1.29, 1.82) is 0 Å². The molecule has 1 aromatic heterocycles. The molecule has 180 valence electrons. The summed E-state index contributed by atoms with van der Waals surface area (Å²) in [5.41, 5.74) is 2.65. The molecule has 2 amide bonds. The number of ether oxygens (including phenoxy) is 2. The summed E-state index contributed by atoms with van der Waals surface area (Å²) in [7, 11) is 3.14. The molecular weight excluding hydrogens is 446 g/mol. The molecule has 0 aliphatic heterocycles. The van der Waals surface area contributed by atoms with Crippen molar-refractivity contribution in [2.24, 2.45) is 0 Å². The highest BCUT2D eigenvalue weighted by Gasteiger charge is 2.33. The maximum absolute atomic E-state index is 13.8. The average Bonchev–Trinajstić information content (AvgIpc) is 3.30. The third-order valence-electron chi connectivity index (χ3n) is 5.55. The number of anilines is 1. The van der Waals surface area contributed by atoms with Crippen molar-refractivity contribution in [3.05, 3.63) is 84.4 Å². The Morgan fingerprint density at radius 3 is 2.40 bits per heavy atom. The molecule has 0 bridgehead atoms. The molecular formula is C26H27N5O4. The highest BCUT2D eigenvalue weighted by atomic mass is 16.5. The van der Waals surface area contributed by atoms with Gasteiger partial charge in [-0.15, -0.1) is 5.10 Å². The topological polar surface area (TPSA) is 98.6 Å². The number of methoxy groups -OCH3 is 2. The Labute approximate surface area is 203 Å². The lowest BCUT2D eigenvalue weighted by molar-refractivity contribution is -0.127. The van der Waals surface area contributed by atoms with E-state index in [2.05, 4.69) is 15.6 Å². The summed E-state index contributed by atoms with van der Waals surface area (Å²) in [6.45, 7) is 0.575. The normalized spacial score (nSPS) is 11.7. The van der Waals surface area contributed by atoms with Gasteiger partial charge < -0.3 is 14.8 Å². The first-order valence-electron chi connectivity index (χ1n) is 11.2. The van der Waals surface area contributed by atoms with Crippen molar-refractivity contribution in [3.8, 4) is 5.75 Å². The molecule has 35 heavy (non-hydrogen) atoms. The van der Waals surface area contributed by atoms with E-state index in [4.69, 9.17) is 9.47 Å². The Morgan fingerprint density at radius 2 is 1.69 bits per heavy atom. The minimum atomic E-state index is -0.928. The first-order chi connectivity index (χ1) is 17.1. The van der Waals surface area contributed by atoms with Crippen LogP contribution >= 0.6 is 0 Å². The number of hydrogen-bond donors (Lipinski definition) is 1. The van der Waals surface area contributed by atoms with E-state index in [1.807, 2.05) is 42.5 Å². The quantitative estimate of drug-likeness (QED) is 0.356. The molecule has 0 aliphatic rings. The number of fused-ring (bicyclic) bond motifs is 1. The average molecular weight is 474 g/mol. The molecule has 0 saturated heterocycles. The minimum Gasteiger partial charge on any atom is -0.497 e. The van der Waals surface area contributed by atoms with Crippen molar-refractivity contribution < 1.29 is 19.1 Å². The first kappa shape index (κ1) is 23.9. The van der Waals surface area contributed by atoms with Gasteiger partial charge in [0.15, 0.2) is 0 Å². The van der Waals surface area contributed by atoms with Gasteiger partial charge in [-0.1, -0.05) is 47.7 Å². The van der Waals surface area contributed by atoms with Gasteiger partial charge in [-0.25, -0.2) is 4.68 Å².